The molecule has 3 N–H and O–H groups in total. The van der Waals surface area contributed by atoms with E-state index in [0.29, 0.717) is 25.3 Å². The Morgan fingerprint density at radius 3 is 2.52 bits per heavy atom. The maximum atomic E-state index is 12.1. The van der Waals surface area contributed by atoms with Crippen molar-refractivity contribution in [2.24, 2.45) is 0 Å². The second-order valence-corrected chi connectivity index (χ2v) is 5.40. The van der Waals surface area contributed by atoms with Gasteiger partial charge in [0.25, 0.3) is 0 Å². The Morgan fingerprint density at radius 2 is 1.90 bits per heavy atom. The molecule has 21 heavy (non-hydrogen) atoms. The minimum atomic E-state index is -0.0556. The molecule has 1 aromatic carbocycles. The SMILES string of the molecule is CC(=O)N1CCN(CC(=O)Nc2cc(N)ccc2C)CC1. The summed E-state index contributed by atoms with van der Waals surface area (Å²) in [7, 11) is 0. The minimum Gasteiger partial charge on any atom is -0.399 e. The van der Waals surface area contributed by atoms with Gasteiger partial charge >= 0.3 is 0 Å². The first-order valence-corrected chi connectivity index (χ1v) is 7.09. The van der Waals surface area contributed by atoms with Crippen molar-refractivity contribution in [3.8, 4) is 0 Å². The molecule has 0 bridgehead atoms. The van der Waals surface area contributed by atoms with Crippen molar-refractivity contribution >= 4 is 23.2 Å². The van der Waals surface area contributed by atoms with Gasteiger partial charge in [-0.2, -0.15) is 0 Å². The smallest absolute Gasteiger partial charge is 0.238 e. The van der Waals surface area contributed by atoms with Gasteiger partial charge in [0.2, 0.25) is 11.8 Å². The van der Waals surface area contributed by atoms with Gasteiger partial charge in [-0.1, -0.05) is 6.07 Å². The average Bonchev–Trinajstić information content (AvgIpc) is 2.43. The molecule has 0 aliphatic carbocycles. The number of carbonyl (C=O) groups is 2. The highest BCUT2D eigenvalue weighted by Gasteiger charge is 2.20. The number of rotatable bonds is 3. The number of hydrogen-bond acceptors (Lipinski definition) is 4. The third kappa shape index (κ3) is 4.19. The molecule has 1 aromatic rings. The van der Waals surface area contributed by atoms with Crippen LogP contribution in [0.25, 0.3) is 0 Å². The fraction of sp³-hybridized carbons (Fsp3) is 0.467. The van der Waals surface area contributed by atoms with Crippen molar-refractivity contribution in [1.29, 1.82) is 0 Å². The van der Waals surface area contributed by atoms with E-state index >= 15 is 0 Å². The van der Waals surface area contributed by atoms with Crippen molar-refractivity contribution in [1.82, 2.24) is 9.80 Å². The Bertz CT molecular complexity index is 536. The minimum absolute atomic E-state index is 0.0556. The number of piperazine rings is 1. The normalized spacial score (nSPS) is 15.8. The maximum absolute atomic E-state index is 12.1. The van der Waals surface area contributed by atoms with Crippen molar-refractivity contribution < 1.29 is 9.59 Å². The second-order valence-electron chi connectivity index (χ2n) is 5.40. The van der Waals surface area contributed by atoms with E-state index in [-0.39, 0.29) is 11.8 Å². The van der Waals surface area contributed by atoms with Gasteiger partial charge < -0.3 is 16.0 Å². The van der Waals surface area contributed by atoms with Gasteiger partial charge in [0.15, 0.2) is 0 Å². The lowest BCUT2D eigenvalue weighted by molar-refractivity contribution is -0.130. The molecular weight excluding hydrogens is 268 g/mol. The fourth-order valence-electron chi connectivity index (χ4n) is 2.39. The van der Waals surface area contributed by atoms with Crippen LogP contribution in [-0.4, -0.2) is 54.3 Å². The zero-order valence-corrected chi connectivity index (χ0v) is 12.6. The Labute approximate surface area is 124 Å². The van der Waals surface area contributed by atoms with E-state index in [1.54, 1.807) is 17.9 Å². The van der Waals surface area contributed by atoms with Crippen LogP contribution in [0.1, 0.15) is 12.5 Å². The lowest BCUT2D eigenvalue weighted by atomic mass is 10.2. The topological polar surface area (TPSA) is 78.7 Å². The number of nitrogens with two attached hydrogens (primary N) is 1. The highest BCUT2D eigenvalue weighted by atomic mass is 16.2. The third-order valence-corrected chi connectivity index (χ3v) is 3.72. The molecule has 2 rings (SSSR count). The van der Waals surface area contributed by atoms with E-state index in [9.17, 15) is 9.59 Å². The van der Waals surface area contributed by atoms with Crippen molar-refractivity contribution in [2.45, 2.75) is 13.8 Å². The molecule has 0 atom stereocenters. The average molecular weight is 290 g/mol. The summed E-state index contributed by atoms with van der Waals surface area (Å²) < 4.78 is 0. The lowest BCUT2D eigenvalue weighted by Gasteiger charge is -2.33. The van der Waals surface area contributed by atoms with Gasteiger partial charge in [-0.25, -0.2) is 0 Å². The first-order chi connectivity index (χ1) is 9.95. The monoisotopic (exact) mass is 290 g/mol. The standard InChI is InChI=1S/C15H22N4O2/c1-11-3-4-13(16)9-14(11)17-15(21)10-18-5-7-19(8-6-18)12(2)20/h3-4,9H,5-8,10,16H2,1-2H3,(H,17,21). The molecule has 1 aliphatic rings. The number of benzene rings is 1. The quantitative estimate of drug-likeness (QED) is 0.802. The van der Waals surface area contributed by atoms with Crippen LogP contribution < -0.4 is 11.1 Å². The Kier molecular flexibility index (Phi) is 4.80. The molecule has 1 heterocycles. The molecule has 0 spiro atoms. The van der Waals surface area contributed by atoms with Gasteiger partial charge in [-0.3, -0.25) is 14.5 Å². The molecule has 0 radical (unpaired) electrons. The van der Waals surface area contributed by atoms with E-state index in [4.69, 9.17) is 5.73 Å². The summed E-state index contributed by atoms with van der Waals surface area (Å²) >= 11 is 0. The zero-order valence-electron chi connectivity index (χ0n) is 12.6. The first-order valence-electron chi connectivity index (χ1n) is 7.09. The molecule has 2 amide bonds. The predicted molar refractivity (Wildman–Crippen MR) is 82.9 cm³/mol. The number of carbonyl (C=O) groups excluding carboxylic acids is 2. The molecule has 1 fully saturated rings. The van der Waals surface area contributed by atoms with Gasteiger partial charge in [-0.15, -0.1) is 0 Å². The summed E-state index contributed by atoms with van der Waals surface area (Å²) in [5.74, 6) is 0.0365. The largest absolute Gasteiger partial charge is 0.399 e. The summed E-state index contributed by atoms with van der Waals surface area (Å²) in [6.07, 6.45) is 0. The van der Waals surface area contributed by atoms with Gasteiger partial charge in [-0.05, 0) is 24.6 Å². The van der Waals surface area contributed by atoms with Crippen molar-refractivity contribution in [3.63, 3.8) is 0 Å². The van der Waals surface area contributed by atoms with Crippen LogP contribution >= 0.6 is 0 Å². The molecular formula is C15H22N4O2. The summed E-state index contributed by atoms with van der Waals surface area (Å²) in [5, 5.41) is 2.89. The van der Waals surface area contributed by atoms with Gasteiger partial charge in [0.05, 0.1) is 6.54 Å². The van der Waals surface area contributed by atoms with Crippen LogP contribution in [0.2, 0.25) is 0 Å². The van der Waals surface area contributed by atoms with Crippen LogP contribution in [0, 0.1) is 6.92 Å². The maximum Gasteiger partial charge on any atom is 0.238 e. The summed E-state index contributed by atoms with van der Waals surface area (Å²) in [4.78, 5) is 27.2. The molecule has 1 aliphatic heterocycles. The van der Waals surface area contributed by atoms with Gasteiger partial charge in [0, 0.05) is 44.5 Å². The van der Waals surface area contributed by atoms with Crippen LogP contribution in [0.3, 0.4) is 0 Å². The van der Waals surface area contributed by atoms with Gasteiger partial charge in [0.1, 0.15) is 0 Å². The number of amides is 2. The van der Waals surface area contributed by atoms with E-state index in [1.807, 2.05) is 19.1 Å². The van der Waals surface area contributed by atoms with E-state index in [2.05, 4.69) is 10.2 Å². The third-order valence-electron chi connectivity index (χ3n) is 3.72. The Balaban J connectivity index is 1.85. The second kappa shape index (κ2) is 6.58. The van der Waals surface area contributed by atoms with Crippen LogP contribution in [0.15, 0.2) is 18.2 Å². The highest BCUT2D eigenvalue weighted by Crippen LogP contribution is 2.18. The Hall–Kier alpha value is -2.08. The predicted octanol–water partition coefficient (Wildman–Crippen LogP) is 0.680. The summed E-state index contributed by atoms with van der Waals surface area (Å²) in [6.45, 7) is 6.65. The summed E-state index contributed by atoms with van der Waals surface area (Å²) in [5.41, 5.74) is 8.10. The number of anilines is 2. The molecule has 6 nitrogen and oxygen atoms in total. The van der Waals surface area contributed by atoms with Crippen molar-refractivity contribution in [3.05, 3.63) is 23.8 Å². The number of nitrogens with one attached hydrogen (secondary N) is 1. The number of nitrogens with zero attached hydrogens (tertiary/aromatic N) is 2. The molecule has 6 heteroatoms. The Morgan fingerprint density at radius 1 is 1.24 bits per heavy atom. The van der Waals surface area contributed by atoms with Crippen molar-refractivity contribution in [2.75, 3.05) is 43.8 Å². The molecule has 0 aromatic heterocycles. The van der Waals surface area contributed by atoms with Crippen LogP contribution in [0.4, 0.5) is 11.4 Å². The summed E-state index contributed by atoms with van der Waals surface area (Å²) in [6, 6.07) is 5.46. The molecule has 114 valence electrons. The van der Waals surface area contributed by atoms with Crippen LogP contribution in [-0.2, 0) is 9.59 Å². The van der Waals surface area contributed by atoms with Crippen LogP contribution in [0.5, 0.6) is 0 Å². The first kappa shape index (κ1) is 15.3. The number of aryl methyl sites for hydroxylation is 1. The van der Waals surface area contributed by atoms with E-state index in [1.165, 1.54) is 0 Å². The molecule has 0 saturated carbocycles. The van der Waals surface area contributed by atoms with E-state index in [0.717, 1.165) is 24.3 Å². The fourth-order valence-corrected chi connectivity index (χ4v) is 2.39. The number of nitrogen functional groups attached to an aromatic ring is 1. The molecule has 1 saturated heterocycles. The molecule has 0 unspecified atom stereocenters. The highest BCUT2D eigenvalue weighted by molar-refractivity contribution is 5.93. The lowest BCUT2D eigenvalue weighted by Crippen LogP contribution is -2.49. The van der Waals surface area contributed by atoms with E-state index < -0.39 is 0 Å². The number of hydrogen-bond donors (Lipinski definition) is 2. The zero-order chi connectivity index (χ0) is 15.4.